The zero-order valence-electron chi connectivity index (χ0n) is 17.6. The molecule has 0 bridgehead atoms. The molecular weight excluding hydrogens is 453 g/mol. The van der Waals surface area contributed by atoms with Crippen LogP contribution in [0.5, 0.6) is 0 Å². The van der Waals surface area contributed by atoms with Crippen LogP contribution >= 0.6 is 34.8 Å². The van der Waals surface area contributed by atoms with Crippen LogP contribution < -0.4 is 0 Å². The van der Waals surface area contributed by atoms with Crippen molar-refractivity contribution in [1.82, 2.24) is 14.7 Å². The van der Waals surface area contributed by atoms with Gasteiger partial charge in [0.2, 0.25) is 0 Å². The molecule has 0 atom stereocenters. The highest BCUT2D eigenvalue weighted by Gasteiger charge is 2.28. The lowest BCUT2D eigenvalue weighted by Crippen LogP contribution is -2.42. The van der Waals surface area contributed by atoms with E-state index >= 15 is 0 Å². The minimum atomic E-state index is -1.00. The van der Waals surface area contributed by atoms with Crippen LogP contribution in [0.25, 0.3) is 16.9 Å². The highest BCUT2D eigenvalue weighted by molar-refractivity contribution is 6.77. The topological polar surface area (TPSA) is 21.1 Å². The standard InChI is InChI=1S/C23H26Cl3N3Si/c1-16-21(15-28-10-12-30(2,3)13-11-28)27-29(22-9-8-19(25)14-20(22)26)23(16)17-4-6-18(24)7-5-17/h4-9,14H,10-13,15H2,1-3H3. The van der Waals surface area contributed by atoms with Crippen molar-refractivity contribution in [2.24, 2.45) is 0 Å². The number of hydrogen-bond donors (Lipinski definition) is 0. The molecule has 0 aliphatic carbocycles. The van der Waals surface area contributed by atoms with Crippen molar-refractivity contribution < 1.29 is 0 Å². The summed E-state index contributed by atoms with van der Waals surface area (Å²) in [4.78, 5) is 2.53. The minimum Gasteiger partial charge on any atom is -0.298 e. The molecule has 1 aromatic heterocycles. The van der Waals surface area contributed by atoms with Crippen molar-refractivity contribution >= 4 is 42.9 Å². The van der Waals surface area contributed by atoms with Gasteiger partial charge in [0, 0.05) is 30.2 Å². The zero-order chi connectivity index (χ0) is 21.5. The van der Waals surface area contributed by atoms with Gasteiger partial charge in [-0.25, -0.2) is 4.68 Å². The summed E-state index contributed by atoms with van der Waals surface area (Å²) in [5.74, 6) is 0. The molecule has 1 fully saturated rings. The number of aromatic nitrogens is 2. The molecule has 0 unspecified atom stereocenters. The molecule has 158 valence electrons. The summed E-state index contributed by atoms with van der Waals surface area (Å²) in [5.41, 5.74) is 5.19. The quantitative estimate of drug-likeness (QED) is 0.366. The second-order valence-electron chi connectivity index (χ2n) is 8.88. The molecule has 0 N–H and O–H groups in total. The SMILES string of the molecule is Cc1c(CN2CC[Si](C)(C)CC2)nn(-c2ccc(Cl)cc2Cl)c1-c1ccc(Cl)cc1. The van der Waals surface area contributed by atoms with E-state index in [0.717, 1.165) is 42.3 Å². The fourth-order valence-electron chi connectivity index (χ4n) is 3.99. The highest BCUT2D eigenvalue weighted by atomic mass is 35.5. The van der Waals surface area contributed by atoms with Gasteiger partial charge in [-0.05, 0) is 68.0 Å². The maximum Gasteiger partial charge on any atom is 0.0840 e. The van der Waals surface area contributed by atoms with E-state index in [-0.39, 0.29) is 0 Å². The van der Waals surface area contributed by atoms with E-state index < -0.39 is 8.07 Å². The van der Waals surface area contributed by atoms with Crippen LogP contribution in [0.15, 0.2) is 42.5 Å². The van der Waals surface area contributed by atoms with Gasteiger partial charge in [0.25, 0.3) is 0 Å². The monoisotopic (exact) mass is 477 g/mol. The molecule has 1 aliphatic heterocycles. The third-order valence-electron chi connectivity index (χ3n) is 6.06. The number of halogens is 3. The first-order chi connectivity index (χ1) is 14.2. The van der Waals surface area contributed by atoms with Gasteiger partial charge >= 0.3 is 0 Å². The first-order valence-corrected chi connectivity index (χ1v) is 14.8. The van der Waals surface area contributed by atoms with Crippen LogP contribution in [0, 0.1) is 6.92 Å². The molecule has 3 aromatic rings. The number of nitrogens with zero attached hydrogens (tertiary/aromatic N) is 3. The molecule has 0 radical (unpaired) electrons. The molecule has 3 nitrogen and oxygen atoms in total. The summed E-state index contributed by atoms with van der Waals surface area (Å²) in [5, 5.41) is 6.93. The predicted molar refractivity (Wildman–Crippen MR) is 131 cm³/mol. The van der Waals surface area contributed by atoms with Gasteiger partial charge in [0.15, 0.2) is 0 Å². The van der Waals surface area contributed by atoms with E-state index in [0.29, 0.717) is 15.1 Å². The first-order valence-electron chi connectivity index (χ1n) is 10.3. The third-order valence-corrected chi connectivity index (χ3v) is 10.0. The molecule has 1 aliphatic rings. The lowest BCUT2D eigenvalue weighted by atomic mass is 10.1. The van der Waals surface area contributed by atoms with Crippen LogP contribution in [0.4, 0.5) is 0 Å². The van der Waals surface area contributed by atoms with Gasteiger partial charge in [-0.3, -0.25) is 4.90 Å². The Morgan fingerprint density at radius 3 is 2.20 bits per heavy atom. The third kappa shape index (κ3) is 4.63. The Kier molecular flexibility index (Phi) is 6.34. The number of benzene rings is 2. The lowest BCUT2D eigenvalue weighted by Gasteiger charge is -2.35. The normalized spacial score (nSPS) is 16.7. The van der Waals surface area contributed by atoms with Crippen molar-refractivity contribution in [3.8, 4) is 16.9 Å². The van der Waals surface area contributed by atoms with Gasteiger partial charge < -0.3 is 0 Å². The van der Waals surface area contributed by atoms with Crippen molar-refractivity contribution in [2.45, 2.75) is 38.7 Å². The molecule has 4 rings (SSSR count). The second kappa shape index (κ2) is 8.68. The Morgan fingerprint density at radius 1 is 0.933 bits per heavy atom. The summed E-state index contributed by atoms with van der Waals surface area (Å²) in [6, 6.07) is 16.1. The molecule has 0 spiro atoms. The number of hydrogen-bond acceptors (Lipinski definition) is 2. The largest absolute Gasteiger partial charge is 0.298 e. The van der Waals surface area contributed by atoms with Crippen LogP contribution in [0.3, 0.4) is 0 Å². The highest BCUT2D eigenvalue weighted by Crippen LogP contribution is 2.34. The van der Waals surface area contributed by atoms with Crippen LogP contribution in [-0.4, -0.2) is 35.8 Å². The van der Waals surface area contributed by atoms with Crippen LogP contribution in [0.2, 0.25) is 40.3 Å². The molecule has 7 heteroatoms. The average molecular weight is 479 g/mol. The lowest BCUT2D eigenvalue weighted by molar-refractivity contribution is 0.277. The smallest absolute Gasteiger partial charge is 0.0840 e. The molecule has 2 aromatic carbocycles. The molecule has 0 amide bonds. The Labute approximate surface area is 194 Å². The maximum atomic E-state index is 6.56. The van der Waals surface area contributed by atoms with Crippen LogP contribution in [0.1, 0.15) is 11.3 Å². The summed E-state index contributed by atoms with van der Waals surface area (Å²) < 4.78 is 1.95. The van der Waals surface area contributed by atoms with Gasteiger partial charge in [-0.1, -0.05) is 60.0 Å². The van der Waals surface area contributed by atoms with Gasteiger partial charge in [-0.15, -0.1) is 0 Å². The van der Waals surface area contributed by atoms with Gasteiger partial charge in [0.1, 0.15) is 0 Å². The number of rotatable bonds is 4. The summed E-state index contributed by atoms with van der Waals surface area (Å²) in [7, 11) is -1.00. The Hall–Kier alpha value is -1.30. The molecular formula is C23H26Cl3N3Si. The molecule has 2 heterocycles. The predicted octanol–water partition coefficient (Wildman–Crippen LogP) is 7.33. The minimum absolute atomic E-state index is 0.581. The van der Waals surface area contributed by atoms with Crippen molar-refractivity contribution in [1.29, 1.82) is 0 Å². The van der Waals surface area contributed by atoms with Gasteiger partial charge in [-0.2, -0.15) is 5.10 Å². The molecule has 1 saturated heterocycles. The van der Waals surface area contributed by atoms with Crippen molar-refractivity contribution in [2.75, 3.05) is 13.1 Å². The Morgan fingerprint density at radius 2 is 1.57 bits per heavy atom. The summed E-state index contributed by atoms with van der Waals surface area (Å²) in [6.07, 6.45) is 0. The fraction of sp³-hybridized carbons (Fsp3) is 0.348. The fourth-order valence-corrected chi connectivity index (χ4v) is 6.70. The van der Waals surface area contributed by atoms with E-state index in [9.17, 15) is 0 Å². The van der Waals surface area contributed by atoms with Crippen LogP contribution in [-0.2, 0) is 6.54 Å². The van der Waals surface area contributed by atoms with E-state index in [2.05, 4.69) is 24.9 Å². The molecule has 0 saturated carbocycles. The second-order valence-corrected chi connectivity index (χ2v) is 15.5. The van der Waals surface area contributed by atoms with E-state index in [4.69, 9.17) is 39.9 Å². The summed E-state index contributed by atoms with van der Waals surface area (Å²) >= 11 is 18.8. The average Bonchev–Trinajstić information content (AvgIpc) is 3.00. The van der Waals surface area contributed by atoms with E-state index in [1.54, 1.807) is 6.07 Å². The van der Waals surface area contributed by atoms with Gasteiger partial charge in [0.05, 0.1) is 22.1 Å². The van der Waals surface area contributed by atoms with Crippen molar-refractivity contribution in [3.63, 3.8) is 0 Å². The Bertz CT molecular complexity index is 1050. The van der Waals surface area contributed by atoms with Crippen molar-refractivity contribution in [3.05, 3.63) is 68.8 Å². The molecule has 30 heavy (non-hydrogen) atoms. The Balaban J connectivity index is 1.76. The first kappa shape index (κ1) is 21.9. The zero-order valence-corrected chi connectivity index (χ0v) is 20.8. The van der Waals surface area contributed by atoms with E-state index in [1.807, 2.05) is 41.1 Å². The maximum absolute atomic E-state index is 6.56. The summed E-state index contributed by atoms with van der Waals surface area (Å²) in [6.45, 7) is 10.3. The van der Waals surface area contributed by atoms with E-state index in [1.165, 1.54) is 17.7 Å².